The van der Waals surface area contributed by atoms with Crippen LogP contribution in [0.1, 0.15) is 47.5 Å². The molecular weight excluding hydrogens is 120 g/mol. The molecule has 1 aliphatic carbocycles. The van der Waals surface area contributed by atoms with E-state index in [2.05, 4.69) is 34.6 Å². The highest BCUT2D eigenvalue weighted by Gasteiger charge is 2.53. The normalized spacial score (nSPS) is 39.9. The molecule has 10 heavy (non-hydrogen) atoms. The van der Waals surface area contributed by atoms with Crippen LogP contribution in [-0.4, -0.2) is 0 Å². The topological polar surface area (TPSA) is 0 Å². The summed E-state index contributed by atoms with van der Waals surface area (Å²) < 4.78 is 0. The third kappa shape index (κ3) is 1.21. The van der Waals surface area contributed by atoms with E-state index in [0.29, 0.717) is 10.8 Å². The van der Waals surface area contributed by atoms with E-state index in [-0.39, 0.29) is 0 Å². The maximum Gasteiger partial charge on any atom is -0.0292 e. The second-order valence-electron chi connectivity index (χ2n) is 5.13. The standard InChI is InChI=1S/C10H20/c1-6-10(5)7-8(10)9(2,3)4/h8H,6-7H2,1-5H3. The number of rotatable bonds is 1. The molecule has 1 saturated carbocycles. The molecule has 0 aromatic rings. The molecule has 2 unspecified atom stereocenters. The van der Waals surface area contributed by atoms with Crippen molar-refractivity contribution in [1.82, 2.24) is 0 Å². The molecule has 0 heterocycles. The van der Waals surface area contributed by atoms with E-state index in [1.54, 1.807) is 0 Å². The summed E-state index contributed by atoms with van der Waals surface area (Å²) in [5.41, 5.74) is 1.24. The lowest BCUT2D eigenvalue weighted by atomic mass is 9.84. The van der Waals surface area contributed by atoms with Crippen LogP contribution in [0.5, 0.6) is 0 Å². The molecule has 0 aromatic heterocycles. The first-order chi connectivity index (χ1) is 4.40. The highest BCUT2D eigenvalue weighted by Crippen LogP contribution is 2.62. The van der Waals surface area contributed by atoms with E-state index < -0.39 is 0 Å². The van der Waals surface area contributed by atoms with Crippen molar-refractivity contribution in [2.24, 2.45) is 16.7 Å². The second-order valence-corrected chi connectivity index (χ2v) is 5.13. The van der Waals surface area contributed by atoms with Crippen LogP contribution in [0, 0.1) is 16.7 Å². The van der Waals surface area contributed by atoms with Gasteiger partial charge in [0.15, 0.2) is 0 Å². The smallest absolute Gasteiger partial charge is 0.0292 e. The van der Waals surface area contributed by atoms with E-state index in [1.165, 1.54) is 12.8 Å². The van der Waals surface area contributed by atoms with Crippen LogP contribution in [0.3, 0.4) is 0 Å². The zero-order valence-corrected chi connectivity index (χ0v) is 7.99. The minimum atomic E-state index is 0.546. The average molecular weight is 140 g/mol. The molecule has 0 heteroatoms. The van der Waals surface area contributed by atoms with Gasteiger partial charge in [0.2, 0.25) is 0 Å². The van der Waals surface area contributed by atoms with Gasteiger partial charge in [0.25, 0.3) is 0 Å². The summed E-state index contributed by atoms with van der Waals surface area (Å²) in [5, 5.41) is 0. The Morgan fingerprint density at radius 1 is 1.40 bits per heavy atom. The summed E-state index contributed by atoms with van der Waals surface area (Å²) in [6.07, 6.45) is 2.81. The first-order valence-corrected chi connectivity index (χ1v) is 4.40. The SMILES string of the molecule is CCC1(C)CC1C(C)(C)C. The van der Waals surface area contributed by atoms with Crippen LogP contribution >= 0.6 is 0 Å². The van der Waals surface area contributed by atoms with Gasteiger partial charge in [-0.25, -0.2) is 0 Å². The van der Waals surface area contributed by atoms with E-state index in [4.69, 9.17) is 0 Å². The molecule has 0 nitrogen and oxygen atoms in total. The minimum absolute atomic E-state index is 0.546. The summed E-state index contributed by atoms with van der Waals surface area (Å²) in [5.74, 6) is 0.977. The van der Waals surface area contributed by atoms with Gasteiger partial charge in [-0.05, 0) is 23.2 Å². The van der Waals surface area contributed by atoms with Gasteiger partial charge in [-0.1, -0.05) is 41.0 Å². The molecule has 0 bridgehead atoms. The van der Waals surface area contributed by atoms with Gasteiger partial charge in [0, 0.05) is 0 Å². The predicted molar refractivity (Wildman–Crippen MR) is 46.0 cm³/mol. The molecule has 0 radical (unpaired) electrons. The van der Waals surface area contributed by atoms with Gasteiger partial charge in [0.05, 0.1) is 0 Å². The molecule has 1 aliphatic rings. The van der Waals surface area contributed by atoms with Gasteiger partial charge in [0.1, 0.15) is 0 Å². The summed E-state index contributed by atoms with van der Waals surface area (Å²) >= 11 is 0. The van der Waals surface area contributed by atoms with Crippen LogP contribution in [0.25, 0.3) is 0 Å². The highest BCUT2D eigenvalue weighted by atomic mass is 14.6. The molecular formula is C10H20. The molecule has 2 atom stereocenters. The average Bonchev–Trinajstić information content (AvgIpc) is 2.43. The van der Waals surface area contributed by atoms with E-state index in [1.807, 2.05) is 0 Å². The molecule has 0 aliphatic heterocycles. The van der Waals surface area contributed by atoms with E-state index >= 15 is 0 Å². The molecule has 0 spiro atoms. The largest absolute Gasteiger partial charge is 0.0649 e. The molecule has 0 saturated heterocycles. The Hall–Kier alpha value is 0. The predicted octanol–water partition coefficient (Wildman–Crippen LogP) is 3.47. The van der Waals surface area contributed by atoms with Crippen molar-refractivity contribution in [3.8, 4) is 0 Å². The van der Waals surface area contributed by atoms with Gasteiger partial charge >= 0.3 is 0 Å². The summed E-state index contributed by atoms with van der Waals surface area (Å²) in [6, 6.07) is 0. The Kier molecular flexibility index (Phi) is 1.61. The van der Waals surface area contributed by atoms with Gasteiger partial charge in [-0.2, -0.15) is 0 Å². The van der Waals surface area contributed by atoms with Crippen molar-refractivity contribution in [2.45, 2.75) is 47.5 Å². The second kappa shape index (κ2) is 1.99. The van der Waals surface area contributed by atoms with Gasteiger partial charge in [-0.15, -0.1) is 0 Å². The zero-order valence-electron chi connectivity index (χ0n) is 7.99. The van der Waals surface area contributed by atoms with Crippen LogP contribution in [-0.2, 0) is 0 Å². The first-order valence-electron chi connectivity index (χ1n) is 4.40. The zero-order chi connectivity index (χ0) is 7.99. The molecule has 60 valence electrons. The molecule has 0 N–H and O–H groups in total. The first kappa shape index (κ1) is 8.10. The lowest BCUT2D eigenvalue weighted by Gasteiger charge is -2.21. The molecule has 0 aromatic carbocycles. The lowest BCUT2D eigenvalue weighted by Crippen LogP contribution is -2.13. The lowest BCUT2D eigenvalue weighted by molar-refractivity contribution is 0.286. The van der Waals surface area contributed by atoms with Crippen molar-refractivity contribution in [3.63, 3.8) is 0 Å². The van der Waals surface area contributed by atoms with Crippen LogP contribution in [0.15, 0.2) is 0 Å². The maximum absolute atomic E-state index is 2.42. The van der Waals surface area contributed by atoms with Crippen molar-refractivity contribution in [1.29, 1.82) is 0 Å². The van der Waals surface area contributed by atoms with Crippen LogP contribution in [0.4, 0.5) is 0 Å². The fraction of sp³-hybridized carbons (Fsp3) is 1.00. The molecule has 1 fully saturated rings. The molecule has 0 amide bonds. The Labute approximate surface area is 65.0 Å². The van der Waals surface area contributed by atoms with Crippen molar-refractivity contribution < 1.29 is 0 Å². The van der Waals surface area contributed by atoms with Gasteiger partial charge in [-0.3, -0.25) is 0 Å². The monoisotopic (exact) mass is 140 g/mol. The third-order valence-electron chi connectivity index (χ3n) is 3.20. The van der Waals surface area contributed by atoms with E-state index in [0.717, 1.165) is 5.92 Å². The van der Waals surface area contributed by atoms with Crippen LogP contribution in [0.2, 0.25) is 0 Å². The highest BCUT2D eigenvalue weighted by molar-refractivity contribution is 5.03. The summed E-state index contributed by atoms with van der Waals surface area (Å²) in [6.45, 7) is 11.8. The fourth-order valence-electron chi connectivity index (χ4n) is 2.15. The number of hydrogen-bond donors (Lipinski definition) is 0. The number of hydrogen-bond acceptors (Lipinski definition) is 0. The van der Waals surface area contributed by atoms with Gasteiger partial charge < -0.3 is 0 Å². The maximum atomic E-state index is 2.42. The minimum Gasteiger partial charge on any atom is -0.0649 e. The Morgan fingerprint density at radius 2 is 1.90 bits per heavy atom. The van der Waals surface area contributed by atoms with Crippen molar-refractivity contribution >= 4 is 0 Å². The Morgan fingerprint density at radius 3 is 2.00 bits per heavy atom. The van der Waals surface area contributed by atoms with Crippen LogP contribution < -0.4 is 0 Å². The van der Waals surface area contributed by atoms with Crippen molar-refractivity contribution in [3.05, 3.63) is 0 Å². The Bertz CT molecular complexity index is 129. The van der Waals surface area contributed by atoms with Crippen molar-refractivity contribution in [2.75, 3.05) is 0 Å². The summed E-state index contributed by atoms with van der Waals surface area (Å²) in [4.78, 5) is 0. The fourth-order valence-corrected chi connectivity index (χ4v) is 2.15. The Balaban J connectivity index is 2.52. The quantitative estimate of drug-likeness (QED) is 0.523. The van der Waals surface area contributed by atoms with E-state index in [9.17, 15) is 0 Å². The molecule has 1 rings (SSSR count). The third-order valence-corrected chi connectivity index (χ3v) is 3.20. The summed E-state index contributed by atoms with van der Waals surface area (Å²) in [7, 11) is 0.